The van der Waals surface area contributed by atoms with Gasteiger partial charge in [0.05, 0.1) is 0 Å². The highest BCUT2D eigenvalue weighted by Gasteiger charge is 2.31. The summed E-state index contributed by atoms with van der Waals surface area (Å²) in [5.74, 6) is 0. The molecular formula is C18H15OPS. The molecule has 0 aromatic heterocycles. The van der Waals surface area contributed by atoms with Gasteiger partial charge in [0.2, 0.25) is 7.66 Å². The molecule has 0 heterocycles. The average Bonchev–Trinajstić information content (AvgIpc) is 2.59. The number of hydrogen-bond acceptors (Lipinski definition) is 1. The quantitative estimate of drug-likeness (QED) is 0.526. The van der Waals surface area contributed by atoms with Crippen LogP contribution in [0.25, 0.3) is 0 Å². The summed E-state index contributed by atoms with van der Waals surface area (Å²) in [6.45, 7) is 0. The summed E-state index contributed by atoms with van der Waals surface area (Å²) in [6, 6.07) is 30.4. The molecular weight excluding hydrogens is 295 g/mol. The van der Waals surface area contributed by atoms with Gasteiger partial charge in [-0.05, 0) is 36.4 Å². The van der Waals surface area contributed by atoms with E-state index in [2.05, 4.69) is 36.4 Å². The minimum absolute atomic E-state index is 0.147. The molecule has 3 aromatic rings. The van der Waals surface area contributed by atoms with E-state index in [-0.39, 0.29) is 7.66 Å². The van der Waals surface area contributed by atoms with Crippen LogP contribution in [0, 0.1) is 0 Å². The van der Waals surface area contributed by atoms with Gasteiger partial charge in [-0.3, -0.25) is 4.57 Å². The molecule has 0 amide bonds. The summed E-state index contributed by atoms with van der Waals surface area (Å²) < 4.78 is 12.4. The predicted molar refractivity (Wildman–Crippen MR) is 89.3 cm³/mol. The Morgan fingerprint density at radius 3 is 1.05 bits per heavy atom. The number of hydrogen-bond donors (Lipinski definition) is 0. The van der Waals surface area contributed by atoms with Gasteiger partial charge in [-0.15, -0.1) is 0 Å². The van der Waals surface area contributed by atoms with Crippen LogP contribution in [0.4, 0.5) is 0 Å². The second kappa shape index (κ2) is 6.26. The fourth-order valence-electron chi connectivity index (χ4n) is 2.39. The molecule has 0 radical (unpaired) electrons. The van der Waals surface area contributed by atoms with E-state index in [4.69, 9.17) is 0 Å². The third-order valence-electron chi connectivity index (χ3n) is 3.36. The standard InChI is InChI=1S/C18H15OPS/c19-20-21(16-10-4-1-5-11-16,17-12-6-2-7-13-17)18-14-8-3-9-15-18/h1-15H. The van der Waals surface area contributed by atoms with E-state index in [1.807, 2.05) is 54.6 Å². The van der Waals surface area contributed by atoms with E-state index < -0.39 is 9.65 Å². The van der Waals surface area contributed by atoms with Crippen LogP contribution in [0.15, 0.2) is 106 Å². The fourth-order valence-corrected chi connectivity index (χ4v) is 6.99. The van der Waals surface area contributed by atoms with Crippen molar-refractivity contribution >= 4 is 17.3 Å². The first-order chi connectivity index (χ1) is 10.4. The van der Waals surface area contributed by atoms with Crippen molar-refractivity contribution in [2.45, 2.75) is 14.7 Å². The van der Waals surface area contributed by atoms with Gasteiger partial charge < -0.3 is 0 Å². The lowest BCUT2D eigenvalue weighted by Crippen LogP contribution is -1.96. The van der Waals surface area contributed by atoms with E-state index in [1.54, 1.807) is 0 Å². The van der Waals surface area contributed by atoms with Gasteiger partial charge in [0, 0.05) is 14.7 Å². The minimum Gasteiger partial charge on any atom is -0.263 e. The van der Waals surface area contributed by atoms with Crippen molar-refractivity contribution in [3.8, 4) is 0 Å². The molecule has 0 aliphatic heterocycles. The molecule has 0 bridgehead atoms. The Morgan fingerprint density at radius 1 is 0.524 bits per heavy atom. The van der Waals surface area contributed by atoms with Crippen LogP contribution in [-0.2, 0) is 4.57 Å². The van der Waals surface area contributed by atoms with Gasteiger partial charge in [-0.1, -0.05) is 64.2 Å². The first-order valence-electron chi connectivity index (χ1n) is 6.71. The van der Waals surface area contributed by atoms with Crippen molar-refractivity contribution in [3.63, 3.8) is 0 Å². The molecule has 0 fully saturated rings. The zero-order chi connectivity index (χ0) is 14.5. The minimum atomic E-state index is -1.75. The van der Waals surface area contributed by atoms with Crippen molar-refractivity contribution < 1.29 is 4.57 Å². The second-order valence-electron chi connectivity index (χ2n) is 4.59. The highest BCUT2D eigenvalue weighted by Crippen LogP contribution is 2.76. The highest BCUT2D eigenvalue weighted by atomic mass is 32.8. The van der Waals surface area contributed by atoms with Crippen LogP contribution in [0.5, 0.6) is 0 Å². The smallest absolute Gasteiger partial charge is 0.220 e. The normalized spacial score (nSPS) is 12.2. The first-order valence-corrected chi connectivity index (χ1v) is 9.76. The molecule has 0 aliphatic carbocycles. The Morgan fingerprint density at radius 2 is 0.810 bits per heavy atom. The van der Waals surface area contributed by atoms with Gasteiger partial charge >= 0.3 is 0 Å². The lowest BCUT2D eigenvalue weighted by Gasteiger charge is -2.34. The van der Waals surface area contributed by atoms with Gasteiger partial charge in [0.1, 0.15) is 0 Å². The van der Waals surface area contributed by atoms with E-state index in [1.165, 1.54) is 0 Å². The Labute approximate surface area is 127 Å². The summed E-state index contributed by atoms with van der Waals surface area (Å²) in [4.78, 5) is 3.33. The molecule has 0 spiro atoms. The van der Waals surface area contributed by atoms with Crippen molar-refractivity contribution in [1.29, 1.82) is 0 Å². The summed E-state index contributed by atoms with van der Waals surface area (Å²) in [5, 5.41) is 0. The van der Waals surface area contributed by atoms with Crippen LogP contribution in [-0.4, -0.2) is 0 Å². The molecule has 0 N–H and O–H groups in total. The number of rotatable bonds is 4. The topological polar surface area (TPSA) is 17.1 Å². The van der Waals surface area contributed by atoms with E-state index in [9.17, 15) is 4.57 Å². The first kappa shape index (κ1) is 14.1. The SMILES string of the molecule is O=PS(c1ccccc1)(c1ccccc1)c1ccccc1. The molecule has 104 valence electrons. The third kappa shape index (κ3) is 2.53. The van der Waals surface area contributed by atoms with Crippen LogP contribution >= 0.6 is 17.3 Å². The van der Waals surface area contributed by atoms with Crippen LogP contribution in [0.1, 0.15) is 0 Å². The predicted octanol–water partition coefficient (Wildman–Crippen LogP) is 6.18. The molecule has 3 heteroatoms. The average molecular weight is 310 g/mol. The molecule has 1 nitrogen and oxygen atoms in total. The summed E-state index contributed by atoms with van der Waals surface area (Å²) in [6.07, 6.45) is 0. The Kier molecular flexibility index (Phi) is 4.19. The van der Waals surface area contributed by atoms with Crippen molar-refractivity contribution in [2.75, 3.05) is 0 Å². The fraction of sp³-hybridized carbons (Fsp3) is 0. The number of benzene rings is 3. The third-order valence-corrected chi connectivity index (χ3v) is 9.02. The molecule has 3 aromatic carbocycles. The summed E-state index contributed by atoms with van der Waals surface area (Å²) in [5.41, 5.74) is 0. The van der Waals surface area contributed by atoms with Gasteiger partial charge in [-0.2, -0.15) is 0 Å². The van der Waals surface area contributed by atoms with E-state index in [0.717, 1.165) is 14.7 Å². The Balaban J connectivity index is 2.31. The van der Waals surface area contributed by atoms with Crippen LogP contribution in [0.2, 0.25) is 0 Å². The van der Waals surface area contributed by atoms with Gasteiger partial charge in [-0.25, -0.2) is 0 Å². The van der Waals surface area contributed by atoms with E-state index in [0.29, 0.717) is 0 Å². The maximum Gasteiger partial charge on any atom is 0.220 e. The molecule has 0 atom stereocenters. The summed E-state index contributed by atoms with van der Waals surface area (Å²) >= 11 is 0. The van der Waals surface area contributed by atoms with E-state index >= 15 is 0 Å². The maximum atomic E-state index is 12.4. The van der Waals surface area contributed by atoms with Gasteiger partial charge in [0.15, 0.2) is 0 Å². The largest absolute Gasteiger partial charge is 0.263 e. The van der Waals surface area contributed by atoms with Crippen LogP contribution < -0.4 is 0 Å². The maximum absolute atomic E-state index is 12.4. The lowest BCUT2D eigenvalue weighted by molar-refractivity contribution is 0.605. The van der Waals surface area contributed by atoms with Gasteiger partial charge in [0.25, 0.3) is 0 Å². The molecule has 0 saturated carbocycles. The Bertz CT molecular complexity index is 617. The monoisotopic (exact) mass is 310 g/mol. The lowest BCUT2D eigenvalue weighted by atomic mass is 10.4. The van der Waals surface area contributed by atoms with Crippen LogP contribution in [0.3, 0.4) is 0 Å². The molecule has 0 saturated heterocycles. The molecule has 3 rings (SSSR count). The molecule has 21 heavy (non-hydrogen) atoms. The highest BCUT2D eigenvalue weighted by molar-refractivity contribution is 8.70. The zero-order valence-corrected chi connectivity index (χ0v) is 13.1. The van der Waals surface area contributed by atoms with Crippen molar-refractivity contribution in [1.82, 2.24) is 0 Å². The molecule has 0 aliphatic rings. The Hall–Kier alpha value is -1.89. The van der Waals surface area contributed by atoms with Crippen molar-refractivity contribution in [2.24, 2.45) is 0 Å². The van der Waals surface area contributed by atoms with Crippen molar-refractivity contribution in [3.05, 3.63) is 91.0 Å². The summed E-state index contributed by atoms with van der Waals surface area (Å²) in [7, 11) is -1.61. The zero-order valence-electron chi connectivity index (χ0n) is 11.4. The molecule has 0 unspecified atom stereocenters. The second-order valence-corrected chi connectivity index (χ2v) is 9.41.